The summed E-state index contributed by atoms with van der Waals surface area (Å²) >= 11 is 0. The van der Waals surface area contributed by atoms with Crippen LogP contribution in [-0.4, -0.2) is 62.6 Å². The zero-order valence-corrected chi connectivity index (χ0v) is 25.9. The second-order valence-electron chi connectivity index (χ2n) is 12.6. The number of anilines is 1. The van der Waals surface area contributed by atoms with Crippen molar-refractivity contribution in [1.82, 2.24) is 19.8 Å². The molecule has 0 radical (unpaired) electrons. The Balaban J connectivity index is 1.09. The van der Waals surface area contributed by atoms with Crippen LogP contribution in [0.1, 0.15) is 63.9 Å². The number of carbonyl (C=O) groups is 3. The summed E-state index contributed by atoms with van der Waals surface area (Å²) in [6.07, 6.45) is 2.26. The Morgan fingerprint density at radius 3 is 2.36 bits per heavy atom. The number of hydrogen-bond donors (Lipinski definition) is 2. The van der Waals surface area contributed by atoms with Crippen molar-refractivity contribution in [3.63, 3.8) is 0 Å². The average Bonchev–Trinajstić information content (AvgIpc) is 3.79. The van der Waals surface area contributed by atoms with Gasteiger partial charge >= 0.3 is 12.2 Å². The summed E-state index contributed by atoms with van der Waals surface area (Å²) < 4.78 is 11.1. The number of rotatable bonds is 6. The number of fused-ring (bicyclic) bond motifs is 1. The largest absolute Gasteiger partial charge is 0.445 e. The maximum atomic E-state index is 13.1. The highest BCUT2D eigenvalue weighted by Crippen LogP contribution is 2.34. The van der Waals surface area contributed by atoms with E-state index in [4.69, 9.17) is 14.5 Å². The van der Waals surface area contributed by atoms with E-state index in [2.05, 4.69) is 10.3 Å². The van der Waals surface area contributed by atoms with Crippen LogP contribution in [-0.2, 0) is 20.9 Å². The molecule has 2 aliphatic rings. The summed E-state index contributed by atoms with van der Waals surface area (Å²) in [5.41, 5.74) is 4.69. The van der Waals surface area contributed by atoms with Gasteiger partial charge in [0.25, 0.3) is 0 Å². The molecule has 3 amide bonds. The van der Waals surface area contributed by atoms with E-state index in [0.29, 0.717) is 25.2 Å². The molecular weight excluding hydrogens is 570 g/mol. The van der Waals surface area contributed by atoms with Crippen LogP contribution in [0, 0.1) is 0 Å². The highest BCUT2D eigenvalue weighted by molar-refractivity contribution is 5.97. The van der Waals surface area contributed by atoms with Crippen LogP contribution >= 0.6 is 0 Å². The number of carbonyl (C=O) groups excluding carboxylic acids is 3. The predicted molar refractivity (Wildman–Crippen MR) is 171 cm³/mol. The third-order valence-corrected chi connectivity index (χ3v) is 8.18. The lowest BCUT2D eigenvalue weighted by Gasteiger charge is -2.27. The summed E-state index contributed by atoms with van der Waals surface area (Å²) in [7, 11) is 0. The van der Waals surface area contributed by atoms with Gasteiger partial charge in [-0.2, -0.15) is 0 Å². The molecule has 234 valence electrons. The van der Waals surface area contributed by atoms with Crippen LogP contribution in [0.3, 0.4) is 0 Å². The number of H-pyrrole nitrogens is 1. The third-order valence-electron chi connectivity index (χ3n) is 8.18. The lowest BCUT2D eigenvalue weighted by Crippen LogP contribution is -2.43. The van der Waals surface area contributed by atoms with Crippen molar-refractivity contribution in [1.29, 1.82) is 0 Å². The van der Waals surface area contributed by atoms with Crippen molar-refractivity contribution in [3.05, 3.63) is 84.2 Å². The average molecular weight is 610 g/mol. The highest BCUT2D eigenvalue weighted by atomic mass is 16.6. The summed E-state index contributed by atoms with van der Waals surface area (Å²) in [6.45, 7) is 6.91. The molecule has 2 saturated heterocycles. The number of nitrogens with one attached hydrogen (secondary N) is 2. The van der Waals surface area contributed by atoms with Crippen LogP contribution < -0.4 is 5.32 Å². The first-order valence-corrected chi connectivity index (χ1v) is 15.5. The van der Waals surface area contributed by atoms with Gasteiger partial charge in [-0.15, -0.1) is 0 Å². The van der Waals surface area contributed by atoms with E-state index in [-0.39, 0.29) is 24.6 Å². The zero-order chi connectivity index (χ0) is 31.6. The minimum atomic E-state index is -0.573. The van der Waals surface area contributed by atoms with Crippen LogP contribution in [0.2, 0.25) is 0 Å². The fourth-order valence-corrected chi connectivity index (χ4v) is 5.99. The van der Waals surface area contributed by atoms with E-state index >= 15 is 0 Å². The molecule has 2 atom stereocenters. The SMILES string of the molecule is CC(C)(C)OC(=O)N1CCCC1c1nc2ccc(-c3ccc(NC(=O)C4CCCN4C(=O)OCc4ccccc4)cc3)cc2[nH]1. The Morgan fingerprint density at radius 1 is 0.889 bits per heavy atom. The Bertz CT molecular complexity index is 1680. The number of amides is 3. The van der Waals surface area contributed by atoms with Crippen LogP contribution in [0.5, 0.6) is 0 Å². The molecule has 10 heteroatoms. The minimum absolute atomic E-state index is 0.153. The van der Waals surface area contributed by atoms with Gasteiger partial charge in [-0.3, -0.25) is 14.6 Å². The Morgan fingerprint density at radius 2 is 1.60 bits per heavy atom. The van der Waals surface area contributed by atoms with Crippen molar-refractivity contribution >= 4 is 34.8 Å². The standard InChI is InChI=1S/C35H39N5O5/c1-35(2,3)45-34(43)39-19-7-11-29(39)31-37-27-18-15-25(21-28(27)38-31)24-13-16-26(17-14-24)36-32(41)30-12-8-20-40(30)33(42)44-22-23-9-5-4-6-10-23/h4-6,9-10,13-18,21,29-30H,7-8,11-12,19-20,22H2,1-3H3,(H,36,41)(H,37,38). The molecule has 4 aromatic rings. The fraction of sp³-hybridized carbons (Fsp3) is 0.371. The molecule has 2 aliphatic heterocycles. The van der Waals surface area contributed by atoms with Gasteiger partial charge in [0.1, 0.15) is 24.1 Å². The highest BCUT2D eigenvalue weighted by Gasteiger charge is 2.36. The van der Waals surface area contributed by atoms with Gasteiger partial charge in [-0.05, 0) is 87.4 Å². The lowest BCUT2D eigenvalue weighted by atomic mass is 10.0. The monoisotopic (exact) mass is 609 g/mol. The van der Waals surface area contributed by atoms with Crippen LogP contribution in [0.25, 0.3) is 22.2 Å². The Kier molecular flexibility index (Phi) is 8.47. The van der Waals surface area contributed by atoms with E-state index < -0.39 is 17.7 Å². The molecule has 6 rings (SSSR count). The number of imidazole rings is 1. The van der Waals surface area contributed by atoms with E-state index in [1.165, 1.54) is 4.90 Å². The second kappa shape index (κ2) is 12.6. The van der Waals surface area contributed by atoms with Gasteiger partial charge in [-0.25, -0.2) is 14.6 Å². The Hall–Kier alpha value is -4.86. The van der Waals surface area contributed by atoms with Gasteiger partial charge in [0, 0.05) is 18.8 Å². The normalized spacial score (nSPS) is 18.3. The number of aromatic nitrogens is 2. The molecular formula is C35H39N5O5. The van der Waals surface area contributed by atoms with Crippen LogP contribution in [0.15, 0.2) is 72.8 Å². The van der Waals surface area contributed by atoms with Crippen molar-refractivity contribution in [2.75, 3.05) is 18.4 Å². The predicted octanol–water partition coefficient (Wildman–Crippen LogP) is 7.04. The van der Waals surface area contributed by atoms with Gasteiger partial charge in [0.2, 0.25) is 5.91 Å². The number of likely N-dealkylation sites (tertiary alicyclic amines) is 2. The maximum absolute atomic E-state index is 13.1. The van der Waals surface area contributed by atoms with Crippen molar-refractivity contribution in [2.45, 2.75) is 70.7 Å². The van der Waals surface area contributed by atoms with E-state index in [1.807, 2.05) is 93.6 Å². The molecule has 3 aromatic carbocycles. The lowest BCUT2D eigenvalue weighted by molar-refractivity contribution is -0.120. The quantitative estimate of drug-likeness (QED) is 0.242. The summed E-state index contributed by atoms with van der Waals surface area (Å²) in [6, 6.07) is 22.4. The molecule has 0 saturated carbocycles. The molecule has 0 bridgehead atoms. The molecule has 10 nitrogen and oxygen atoms in total. The first-order valence-electron chi connectivity index (χ1n) is 15.5. The second-order valence-corrected chi connectivity index (χ2v) is 12.6. The van der Waals surface area contributed by atoms with Crippen LogP contribution in [0.4, 0.5) is 15.3 Å². The number of hydrogen-bond acceptors (Lipinski definition) is 6. The van der Waals surface area contributed by atoms with Gasteiger partial charge in [0.15, 0.2) is 0 Å². The summed E-state index contributed by atoms with van der Waals surface area (Å²) in [5.74, 6) is 0.532. The van der Waals surface area contributed by atoms with Crippen molar-refractivity contribution in [3.8, 4) is 11.1 Å². The molecule has 2 unspecified atom stereocenters. The Labute approximate surface area is 262 Å². The van der Waals surface area contributed by atoms with Crippen molar-refractivity contribution < 1.29 is 23.9 Å². The number of ether oxygens (including phenoxy) is 2. The van der Waals surface area contributed by atoms with Gasteiger partial charge in [0.05, 0.1) is 17.1 Å². The maximum Gasteiger partial charge on any atom is 0.410 e. The van der Waals surface area contributed by atoms with E-state index in [1.54, 1.807) is 4.90 Å². The molecule has 1 aromatic heterocycles. The molecule has 0 spiro atoms. The first kappa shape index (κ1) is 30.2. The van der Waals surface area contributed by atoms with Gasteiger partial charge in [-0.1, -0.05) is 48.5 Å². The summed E-state index contributed by atoms with van der Waals surface area (Å²) in [5, 5.41) is 2.97. The molecule has 45 heavy (non-hydrogen) atoms. The smallest absolute Gasteiger partial charge is 0.410 e. The molecule has 2 N–H and O–H groups in total. The van der Waals surface area contributed by atoms with Crippen molar-refractivity contribution in [2.24, 2.45) is 0 Å². The minimum Gasteiger partial charge on any atom is -0.445 e. The zero-order valence-electron chi connectivity index (χ0n) is 25.9. The first-order chi connectivity index (χ1) is 21.6. The van der Waals surface area contributed by atoms with Gasteiger partial charge < -0.3 is 19.8 Å². The topological polar surface area (TPSA) is 117 Å². The molecule has 2 fully saturated rings. The fourth-order valence-electron chi connectivity index (χ4n) is 5.99. The number of aromatic amines is 1. The molecule has 0 aliphatic carbocycles. The van der Waals surface area contributed by atoms with E-state index in [0.717, 1.165) is 52.8 Å². The number of nitrogens with zero attached hydrogens (tertiary/aromatic N) is 3. The third kappa shape index (κ3) is 6.95. The van der Waals surface area contributed by atoms with E-state index in [9.17, 15) is 14.4 Å². The summed E-state index contributed by atoms with van der Waals surface area (Å²) in [4.78, 5) is 50.2. The molecule has 3 heterocycles. The number of benzene rings is 3.